The number of hydrogen-bond donors (Lipinski definition) is 2. The summed E-state index contributed by atoms with van der Waals surface area (Å²) in [5, 5.41) is 8.64. The van der Waals surface area contributed by atoms with E-state index < -0.39 is 17.8 Å². The molecule has 0 fully saturated rings. The molecule has 0 aliphatic carbocycles. The van der Waals surface area contributed by atoms with Crippen LogP contribution >= 0.6 is 15.9 Å². The van der Waals surface area contributed by atoms with Crippen molar-refractivity contribution in [3.63, 3.8) is 0 Å². The van der Waals surface area contributed by atoms with Gasteiger partial charge in [-0.2, -0.15) is 0 Å². The first kappa shape index (κ1) is 11.9. The predicted molar refractivity (Wildman–Crippen MR) is 55.2 cm³/mol. The van der Waals surface area contributed by atoms with Crippen molar-refractivity contribution in [3.05, 3.63) is 28.0 Å². The van der Waals surface area contributed by atoms with Gasteiger partial charge in [0.25, 0.3) is 0 Å². The zero-order chi connectivity index (χ0) is 11.6. The summed E-state index contributed by atoms with van der Waals surface area (Å²) in [6.07, 6.45) is 0. The SMILES string of the molecule is COc1ccc(C(N)C(=O)O)c(F)c1Br. The molecule has 0 aromatic heterocycles. The largest absolute Gasteiger partial charge is 0.495 e. The van der Waals surface area contributed by atoms with Crippen LogP contribution in [0.5, 0.6) is 5.75 Å². The van der Waals surface area contributed by atoms with Crippen LogP contribution in [0.1, 0.15) is 11.6 Å². The van der Waals surface area contributed by atoms with E-state index in [1.54, 1.807) is 0 Å². The highest BCUT2D eigenvalue weighted by atomic mass is 79.9. The van der Waals surface area contributed by atoms with Crippen LogP contribution in [0.4, 0.5) is 4.39 Å². The fraction of sp³-hybridized carbons (Fsp3) is 0.222. The molecule has 0 heterocycles. The molecule has 0 spiro atoms. The quantitative estimate of drug-likeness (QED) is 0.882. The maximum atomic E-state index is 13.6. The predicted octanol–water partition coefficient (Wildman–Crippen LogP) is 1.68. The van der Waals surface area contributed by atoms with Gasteiger partial charge in [0.2, 0.25) is 0 Å². The standard InChI is InChI=1S/C9H9BrFNO3/c1-15-5-3-2-4(7(11)6(5)10)8(12)9(13)14/h2-3,8H,12H2,1H3,(H,13,14). The Morgan fingerprint density at radius 3 is 2.73 bits per heavy atom. The second-order valence-electron chi connectivity index (χ2n) is 2.80. The smallest absolute Gasteiger partial charge is 0.325 e. The summed E-state index contributed by atoms with van der Waals surface area (Å²) in [6, 6.07) is 1.36. The van der Waals surface area contributed by atoms with Crippen LogP contribution in [0.15, 0.2) is 16.6 Å². The normalized spacial score (nSPS) is 12.3. The monoisotopic (exact) mass is 277 g/mol. The summed E-state index contributed by atoms with van der Waals surface area (Å²) in [5.41, 5.74) is 5.21. The third kappa shape index (κ3) is 2.27. The minimum absolute atomic E-state index is 0.0687. The summed E-state index contributed by atoms with van der Waals surface area (Å²) in [7, 11) is 1.39. The molecule has 1 atom stereocenters. The van der Waals surface area contributed by atoms with Gasteiger partial charge in [-0.05, 0) is 22.0 Å². The number of rotatable bonds is 3. The Morgan fingerprint density at radius 1 is 1.67 bits per heavy atom. The van der Waals surface area contributed by atoms with Crippen LogP contribution in [0.3, 0.4) is 0 Å². The zero-order valence-electron chi connectivity index (χ0n) is 7.83. The molecule has 15 heavy (non-hydrogen) atoms. The average Bonchev–Trinajstić information content (AvgIpc) is 2.21. The maximum absolute atomic E-state index is 13.6. The Hall–Kier alpha value is -1.14. The molecular formula is C9H9BrFNO3. The van der Waals surface area contributed by atoms with Crippen LogP contribution in [0.2, 0.25) is 0 Å². The van der Waals surface area contributed by atoms with Crippen LogP contribution in [-0.2, 0) is 4.79 Å². The Labute approximate surface area is 94.0 Å². The van der Waals surface area contributed by atoms with E-state index in [0.29, 0.717) is 0 Å². The van der Waals surface area contributed by atoms with E-state index >= 15 is 0 Å². The van der Waals surface area contributed by atoms with Crippen molar-refractivity contribution in [2.24, 2.45) is 5.73 Å². The molecule has 0 radical (unpaired) electrons. The highest BCUT2D eigenvalue weighted by molar-refractivity contribution is 9.10. The molecule has 1 unspecified atom stereocenters. The second kappa shape index (κ2) is 4.59. The maximum Gasteiger partial charge on any atom is 0.325 e. The Bertz CT molecular complexity index is 397. The molecule has 4 nitrogen and oxygen atoms in total. The van der Waals surface area contributed by atoms with Crippen molar-refractivity contribution in [2.45, 2.75) is 6.04 Å². The van der Waals surface area contributed by atoms with E-state index in [4.69, 9.17) is 15.6 Å². The molecule has 3 N–H and O–H groups in total. The molecule has 0 amide bonds. The zero-order valence-corrected chi connectivity index (χ0v) is 9.42. The second-order valence-corrected chi connectivity index (χ2v) is 3.59. The summed E-state index contributed by atoms with van der Waals surface area (Å²) < 4.78 is 18.5. The van der Waals surface area contributed by atoms with Gasteiger partial charge in [-0.15, -0.1) is 0 Å². The minimum Gasteiger partial charge on any atom is -0.495 e. The number of ether oxygens (including phenoxy) is 1. The van der Waals surface area contributed by atoms with Gasteiger partial charge in [0, 0.05) is 5.56 Å². The molecule has 1 aromatic rings. The number of halogens is 2. The lowest BCUT2D eigenvalue weighted by atomic mass is 10.1. The Kier molecular flexibility index (Phi) is 3.65. The Morgan fingerprint density at radius 2 is 2.27 bits per heavy atom. The molecule has 1 rings (SSSR count). The third-order valence-electron chi connectivity index (χ3n) is 1.90. The Balaban J connectivity index is 3.23. The minimum atomic E-state index is -1.38. The van der Waals surface area contributed by atoms with Gasteiger partial charge in [-0.3, -0.25) is 4.79 Å². The molecule has 6 heteroatoms. The molecule has 0 aliphatic rings. The van der Waals surface area contributed by atoms with E-state index in [1.807, 2.05) is 0 Å². The first-order valence-electron chi connectivity index (χ1n) is 3.99. The topological polar surface area (TPSA) is 72.5 Å². The number of carboxylic acids is 1. The van der Waals surface area contributed by atoms with Crippen LogP contribution < -0.4 is 10.5 Å². The molecule has 0 saturated heterocycles. The van der Waals surface area contributed by atoms with E-state index in [9.17, 15) is 9.18 Å². The van der Waals surface area contributed by atoms with E-state index in [1.165, 1.54) is 19.2 Å². The number of methoxy groups -OCH3 is 1. The number of nitrogens with two attached hydrogens (primary N) is 1. The number of carbonyl (C=O) groups is 1. The highest BCUT2D eigenvalue weighted by Crippen LogP contribution is 2.31. The molecule has 0 aliphatic heterocycles. The van der Waals surface area contributed by atoms with Crippen LogP contribution in [0.25, 0.3) is 0 Å². The van der Waals surface area contributed by atoms with Gasteiger partial charge in [0.15, 0.2) is 0 Å². The highest BCUT2D eigenvalue weighted by Gasteiger charge is 2.21. The van der Waals surface area contributed by atoms with E-state index in [-0.39, 0.29) is 15.8 Å². The summed E-state index contributed by atoms with van der Waals surface area (Å²) in [5.74, 6) is -1.72. The van der Waals surface area contributed by atoms with Gasteiger partial charge >= 0.3 is 5.97 Å². The molecular weight excluding hydrogens is 269 g/mol. The van der Waals surface area contributed by atoms with Gasteiger partial charge in [0.1, 0.15) is 17.6 Å². The van der Waals surface area contributed by atoms with Crippen LogP contribution in [0, 0.1) is 5.82 Å². The molecule has 82 valence electrons. The first-order chi connectivity index (χ1) is 6.99. The van der Waals surface area contributed by atoms with Crippen LogP contribution in [-0.4, -0.2) is 18.2 Å². The first-order valence-corrected chi connectivity index (χ1v) is 4.78. The van der Waals surface area contributed by atoms with E-state index in [0.717, 1.165) is 0 Å². The van der Waals surface area contributed by atoms with Gasteiger partial charge in [0.05, 0.1) is 11.6 Å². The number of carboxylic acid groups (broad SMARTS) is 1. The average molecular weight is 278 g/mol. The molecule has 0 bridgehead atoms. The van der Waals surface area contributed by atoms with Crippen molar-refractivity contribution in [1.29, 1.82) is 0 Å². The van der Waals surface area contributed by atoms with Crippen molar-refractivity contribution >= 4 is 21.9 Å². The van der Waals surface area contributed by atoms with Gasteiger partial charge in [-0.25, -0.2) is 4.39 Å². The lowest BCUT2D eigenvalue weighted by Crippen LogP contribution is -2.22. The lowest BCUT2D eigenvalue weighted by molar-refractivity contribution is -0.138. The van der Waals surface area contributed by atoms with Gasteiger partial charge < -0.3 is 15.6 Å². The third-order valence-corrected chi connectivity index (χ3v) is 2.64. The summed E-state index contributed by atoms with van der Waals surface area (Å²) >= 11 is 2.96. The molecule has 1 aromatic carbocycles. The fourth-order valence-corrected chi connectivity index (χ4v) is 1.60. The summed E-state index contributed by atoms with van der Waals surface area (Å²) in [4.78, 5) is 10.6. The summed E-state index contributed by atoms with van der Waals surface area (Å²) in [6.45, 7) is 0. The lowest BCUT2D eigenvalue weighted by Gasteiger charge is -2.11. The van der Waals surface area contributed by atoms with Gasteiger partial charge in [-0.1, -0.05) is 6.07 Å². The van der Waals surface area contributed by atoms with Crippen molar-refractivity contribution < 1.29 is 19.0 Å². The van der Waals surface area contributed by atoms with Crippen molar-refractivity contribution in [3.8, 4) is 5.75 Å². The van der Waals surface area contributed by atoms with Crippen molar-refractivity contribution in [1.82, 2.24) is 0 Å². The molecule has 0 saturated carbocycles. The number of aliphatic carboxylic acids is 1. The number of benzene rings is 1. The van der Waals surface area contributed by atoms with Crippen molar-refractivity contribution in [2.75, 3.05) is 7.11 Å². The van der Waals surface area contributed by atoms with E-state index in [2.05, 4.69) is 15.9 Å². The number of hydrogen-bond acceptors (Lipinski definition) is 3. The fourth-order valence-electron chi connectivity index (χ4n) is 1.08.